The maximum Gasteiger partial charge on any atom is 0.254 e. The zero-order chi connectivity index (χ0) is 24.4. The fourth-order valence-electron chi connectivity index (χ4n) is 3.82. The zero-order valence-corrected chi connectivity index (χ0v) is 18.0. The van der Waals surface area contributed by atoms with Crippen LogP contribution in [0, 0.1) is 11.6 Å². The molecule has 9 heteroatoms. The number of aliphatic hydroxyl groups excluding tert-OH is 1. The van der Waals surface area contributed by atoms with Crippen LogP contribution in [0.4, 0.5) is 14.5 Å². The van der Waals surface area contributed by atoms with E-state index in [1.807, 2.05) is 24.3 Å². The average molecular weight is 465 g/mol. The van der Waals surface area contributed by atoms with Crippen LogP contribution in [0.25, 0.3) is 11.1 Å². The van der Waals surface area contributed by atoms with Crippen molar-refractivity contribution < 1.29 is 28.3 Å². The van der Waals surface area contributed by atoms with Crippen LogP contribution in [-0.2, 0) is 14.4 Å². The van der Waals surface area contributed by atoms with E-state index >= 15 is 0 Å². The fraction of sp³-hybridized carbons (Fsp3) is 0.160. The monoisotopic (exact) mass is 465 g/mol. The first kappa shape index (κ1) is 23.1. The predicted octanol–water partition coefficient (Wildman–Crippen LogP) is 2.98. The number of amides is 3. The van der Waals surface area contributed by atoms with Gasteiger partial charge in [0, 0.05) is 17.3 Å². The summed E-state index contributed by atoms with van der Waals surface area (Å²) in [6.07, 6.45) is -1.89. The van der Waals surface area contributed by atoms with Crippen LogP contribution in [0.5, 0.6) is 0 Å². The highest BCUT2D eigenvalue weighted by Crippen LogP contribution is 2.37. The Morgan fingerprint density at radius 2 is 1.56 bits per heavy atom. The number of benzene rings is 3. The number of nitrogens with one attached hydrogen (secondary N) is 3. The van der Waals surface area contributed by atoms with Gasteiger partial charge in [0.1, 0.15) is 23.7 Å². The minimum atomic E-state index is -1.89. The van der Waals surface area contributed by atoms with Gasteiger partial charge >= 0.3 is 0 Å². The SMILES string of the molecule is C[C@H](NC(=O)[C@@H](O)c1cc(F)cc(F)c1)C(=O)N[C@@H]1C(=O)Nc2ccccc2-c2ccccc21. The molecule has 0 unspecified atom stereocenters. The molecule has 174 valence electrons. The quantitative estimate of drug-likeness (QED) is 0.465. The van der Waals surface area contributed by atoms with Crippen LogP contribution >= 0.6 is 0 Å². The van der Waals surface area contributed by atoms with Crippen molar-refractivity contribution >= 4 is 23.4 Å². The molecule has 0 aromatic heterocycles. The lowest BCUT2D eigenvalue weighted by molar-refractivity contribution is -0.134. The standard InChI is InChI=1S/C25H21F2N3O4/c1-13(28-25(34)22(31)14-10-15(26)12-16(27)11-14)23(32)30-21-19-8-3-2-6-17(19)18-7-4-5-9-20(18)29-24(21)33/h2-13,21-22,31H,1H3,(H,28,34)(H,29,33)(H,30,32)/t13-,21-,22-/m0/s1. The lowest BCUT2D eigenvalue weighted by Crippen LogP contribution is -2.48. The Kier molecular flexibility index (Phi) is 6.38. The highest BCUT2D eigenvalue weighted by molar-refractivity contribution is 6.05. The smallest absolute Gasteiger partial charge is 0.254 e. The number of halogens is 2. The summed E-state index contributed by atoms with van der Waals surface area (Å²) in [4.78, 5) is 38.2. The number of anilines is 1. The largest absolute Gasteiger partial charge is 0.378 e. The molecule has 0 aliphatic carbocycles. The third-order valence-corrected chi connectivity index (χ3v) is 5.50. The van der Waals surface area contributed by atoms with Crippen molar-refractivity contribution in [2.45, 2.75) is 25.1 Å². The van der Waals surface area contributed by atoms with Crippen LogP contribution in [-0.4, -0.2) is 28.9 Å². The number of aliphatic hydroxyl groups is 1. The zero-order valence-electron chi connectivity index (χ0n) is 18.0. The van der Waals surface area contributed by atoms with Crippen LogP contribution in [0.3, 0.4) is 0 Å². The van der Waals surface area contributed by atoms with Crippen LogP contribution in [0.1, 0.15) is 30.2 Å². The van der Waals surface area contributed by atoms with Gasteiger partial charge in [-0.1, -0.05) is 42.5 Å². The van der Waals surface area contributed by atoms with E-state index in [-0.39, 0.29) is 5.56 Å². The molecule has 3 atom stereocenters. The lowest BCUT2D eigenvalue weighted by atomic mass is 9.95. The minimum Gasteiger partial charge on any atom is -0.378 e. The first-order valence-corrected chi connectivity index (χ1v) is 10.5. The van der Waals surface area contributed by atoms with Gasteiger partial charge in [0.05, 0.1) is 0 Å². The summed E-state index contributed by atoms with van der Waals surface area (Å²) in [5.74, 6) is -4.07. The summed E-state index contributed by atoms with van der Waals surface area (Å²) in [6.45, 7) is 1.36. The third-order valence-electron chi connectivity index (χ3n) is 5.50. The Labute approximate surface area is 193 Å². The molecule has 3 amide bonds. The van der Waals surface area contributed by atoms with Crippen molar-refractivity contribution in [3.8, 4) is 11.1 Å². The highest BCUT2D eigenvalue weighted by atomic mass is 19.1. The minimum absolute atomic E-state index is 0.294. The summed E-state index contributed by atoms with van der Waals surface area (Å²) in [6, 6.07) is 14.4. The maximum absolute atomic E-state index is 13.4. The van der Waals surface area contributed by atoms with Gasteiger partial charge in [0.15, 0.2) is 6.10 Å². The lowest BCUT2D eigenvalue weighted by Gasteiger charge is -2.22. The second kappa shape index (κ2) is 9.40. The van der Waals surface area contributed by atoms with Crippen LogP contribution in [0.2, 0.25) is 0 Å². The van der Waals surface area contributed by atoms with E-state index in [0.717, 1.165) is 23.3 Å². The van der Waals surface area contributed by atoms with E-state index < -0.39 is 47.5 Å². The molecule has 1 aliphatic heterocycles. The van der Waals surface area contributed by atoms with Gasteiger partial charge in [-0.05, 0) is 41.8 Å². The van der Waals surface area contributed by atoms with Crippen LogP contribution in [0.15, 0.2) is 66.7 Å². The second-order valence-electron chi connectivity index (χ2n) is 7.90. The van der Waals surface area contributed by atoms with Gasteiger partial charge in [0.25, 0.3) is 11.8 Å². The number of rotatable bonds is 5. The molecule has 0 saturated carbocycles. The Hall–Kier alpha value is -4.11. The van der Waals surface area contributed by atoms with Gasteiger partial charge in [0.2, 0.25) is 5.91 Å². The summed E-state index contributed by atoms with van der Waals surface area (Å²) < 4.78 is 26.8. The molecule has 0 spiro atoms. The molecule has 4 rings (SSSR count). The van der Waals surface area contributed by atoms with Gasteiger partial charge in [-0.25, -0.2) is 8.78 Å². The summed E-state index contributed by atoms with van der Waals surface area (Å²) >= 11 is 0. The van der Waals surface area contributed by atoms with Gasteiger partial charge in [-0.3, -0.25) is 14.4 Å². The van der Waals surface area contributed by atoms with Crippen molar-refractivity contribution in [3.05, 3.63) is 89.5 Å². The van der Waals surface area contributed by atoms with E-state index in [4.69, 9.17) is 0 Å². The normalized spacial score (nSPS) is 16.2. The topological polar surface area (TPSA) is 108 Å². The molecule has 1 aliphatic rings. The number of carbonyl (C=O) groups is 3. The van der Waals surface area contributed by atoms with E-state index in [0.29, 0.717) is 17.3 Å². The maximum atomic E-state index is 13.4. The summed E-state index contributed by atoms with van der Waals surface area (Å²) in [7, 11) is 0. The molecule has 34 heavy (non-hydrogen) atoms. The third kappa shape index (κ3) is 4.65. The van der Waals surface area contributed by atoms with Crippen molar-refractivity contribution in [1.29, 1.82) is 0 Å². The summed E-state index contributed by atoms with van der Waals surface area (Å²) in [5, 5.41) is 17.9. The van der Waals surface area contributed by atoms with Gasteiger partial charge in [-0.2, -0.15) is 0 Å². The van der Waals surface area contributed by atoms with E-state index in [9.17, 15) is 28.3 Å². The second-order valence-corrected chi connectivity index (χ2v) is 7.90. The van der Waals surface area contributed by atoms with Crippen molar-refractivity contribution in [3.63, 3.8) is 0 Å². The first-order valence-electron chi connectivity index (χ1n) is 10.5. The molecule has 0 radical (unpaired) electrons. The first-order chi connectivity index (χ1) is 16.2. The average Bonchev–Trinajstić information content (AvgIpc) is 2.92. The molecular weight excluding hydrogens is 444 g/mol. The van der Waals surface area contributed by atoms with Gasteiger partial charge < -0.3 is 21.1 Å². The fourth-order valence-corrected chi connectivity index (χ4v) is 3.82. The van der Waals surface area contributed by atoms with Crippen molar-refractivity contribution in [1.82, 2.24) is 10.6 Å². The number of hydrogen-bond donors (Lipinski definition) is 4. The van der Waals surface area contributed by atoms with E-state index in [1.54, 1.807) is 24.3 Å². The molecule has 0 bridgehead atoms. The predicted molar refractivity (Wildman–Crippen MR) is 120 cm³/mol. The van der Waals surface area contributed by atoms with Crippen molar-refractivity contribution in [2.75, 3.05) is 5.32 Å². The molecular formula is C25H21F2N3O4. The number of para-hydroxylation sites is 1. The summed E-state index contributed by atoms with van der Waals surface area (Å²) in [5.41, 5.74) is 2.45. The molecule has 7 nitrogen and oxygen atoms in total. The highest BCUT2D eigenvalue weighted by Gasteiger charge is 2.31. The number of hydrogen-bond acceptors (Lipinski definition) is 4. The van der Waals surface area contributed by atoms with Crippen molar-refractivity contribution in [2.24, 2.45) is 0 Å². The van der Waals surface area contributed by atoms with Gasteiger partial charge in [-0.15, -0.1) is 0 Å². The van der Waals surface area contributed by atoms with E-state index in [1.165, 1.54) is 6.92 Å². The van der Waals surface area contributed by atoms with Crippen LogP contribution < -0.4 is 16.0 Å². The Bertz CT molecular complexity index is 1260. The Balaban J connectivity index is 1.51. The number of carbonyl (C=O) groups excluding carboxylic acids is 3. The Morgan fingerprint density at radius 3 is 2.26 bits per heavy atom. The molecule has 3 aromatic carbocycles. The Morgan fingerprint density at radius 1 is 0.941 bits per heavy atom. The van der Waals surface area contributed by atoms with E-state index in [2.05, 4.69) is 16.0 Å². The molecule has 1 heterocycles. The molecule has 0 saturated heterocycles. The molecule has 4 N–H and O–H groups in total. The molecule has 0 fully saturated rings. The molecule has 3 aromatic rings. The number of fused-ring (bicyclic) bond motifs is 3.